The van der Waals surface area contributed by atoms with Crippen LogP contribution in [0.3, 0.4) is 0 Å². The number of amides is 1. The first-order valence-electron chi connectivity index (χ1n) is 9.79. The molecule has 0 spiro atoms. The highest BCUT2D eigenvalue weighted by molar-refractivity contribution is 6.16. The van der Waals surface area contributed by atoms with E-state index >= 15 is 0 Å². The molecule has 30 heavy (non-hydrogen) atoms. The molecule has 0 aromatic heterocycles. The van der Waals surface area contributed by atoms with Crippen molar-refractivity contribution in [2.45, 2.75) is 13.8 Å². The topological polar surface area (TPSA) is 65.1 Å². The second-order valence-electron chi connectivity index (χ2n) is 6.68. The molecule has 0 radical (unpaired) electrons. The largest absolute Gasteiger partial charge is 0.462 e. The summed E-state index contributed by atoms with van der Waals surface area (Å²) in [4.78, 5) is 27.2. The maximum absolute atomic E-state index is 13.0. The molecule has 0 atom stereocenters. The number of carbonyl (C=O) groups is 2. The van der Waals surface area contributed by atoms with Gasteiger partial charge >= 0.3 is 5.97 Å². The van der Waals surface area contributed by atoms with E-state index in [0.717, 1.165) is 5.56 Å². The number of hydrogen-bond acceptors (Lipinski definition) is 5. The number of hydrogen-bond donors (Lipinski definition) is 0. The van der Waals surface area contributed by atoms with Gasteiger partial charge in [0.25, 0.3) is 5.91 Å². The molecule has 3 rings (SSSR count). The number of para-hydroxylation sites is 1. The van der Waals surface area contributed by atoms with E-state index in [1.165, 1.54) is 0 Å². The van der Waals surface area contributed by atoms with Crippen LogP contribution in [0.4, 0.5) is 0 Å². The Bertz CT molecular complexity index is 978. The molecule has 1 aliphatic rings. The van der Waals surface area contributed by atoms with Gasteiger partial charge in [-0.2, -0.15) is 0 Å². The normalized spacial score (nSPS) is 15.1. The molecule has 1 amide bonds. The number of nitrogens with zero attached hydrogens (tertiary/aromatic N) is 1. The molecule has 0 saturated heterocycles. The zero-order valence-corrected chi connectivity index (χ0v) is 17.4. The third kappa shape index (κ3) is 4.78. The molecule has 1 heterocycles. The maximum Gasteiger partial charge on any atom is 0.340 e. The first kappa shape index (κ1) is 21.3. The zero-order chi connectivity index (χ0) is 21.5. The van der Waals surface area contributed by atoms with Crippen LogP contribution >= 0.6 is 0 Å². The summed E-state index contributed by atoms with van der Waals surface area (Å²) >= 11 is 0. The number of allylic oxidation sites excluding steroid dienone is 1. The average molecular weight is 407 g/mol. The molecule has 0 saturated carbocycles. The highest BCUT2D eigenvalue weighted by atomic mass is 16.5. The molecule has 2 aromatic rings. The average Bonchev–Trinajstić information content (AvgIpc) is 2.97. The second-order valence-corrected chi connectivity index (χ2v) is 6.68. The molecule has 156 valence electrons. The van der Waals surface area contributed by atoms with Gasteiger partial charge in [-0.1, -0.05) is 30.3 Å². The molecule has 0 unspecified atom stereocenters. The molecule has 6 heteroatoms. The van der Waals surface area contributed by atoms with Crippen molar-refractivity contribution < 1.29 is 23.8 Å². The highest BCUT2D eigenvalue weighted by Gasteiger charge is 2.36. The predicted octanol–water partition coefficient (Wildman–Crippen LogP) is 4.19. The summed E-state index contributed by atoms with van der Waals surface area (Å²) in [6, 6.07) is 16.8. The quantitative estimate of drug-likeness (QED) is 0.485. The standard InChI is InChI=1S/C24H25NO5/c1-4-29-24(27)22-17(2)25(13-14-28-3)23(26)21(22)16-18-9-8-12-20(15-18)30-19-10-6-5-7-11-19/h5-12,15-16H,4,13-14H2,1-3H3/b21-16-. The molecule has 1 aliphatic heterocycles. The maximum atomic E-state index is 13.0. The van der Waals surface area contributed by atoms with E-state index < -0.39 is 5.97 Å². The van der Waals surface area contributed by atoms with E-state index in [4.69, 9.17) is 14.2 Å². The van der Waals surface area contributed by atoms with Gasteiger partial charge in [-0.25, -0.2) is 4.79 Å². The Kier molecular flexibility index (Phi) is 7.03. The number of esters is 1. The minimum Gasteiger partial charge on any atom is -0.462 e. The monoisotopic (exact) mass is 407 g/mol. The van der Waals surface area contributed by atoms with E-state index in [0.29, 0.717) is 35.9 Å². The summed E-state index contributed by atoms with van der Waals surface area (Å²) in [5, 5.41) is 0. The third-order valence-corrected chi connectivity index (χ3v) is 4.66. The van der Waals surface area contributed by atoms with Crippen molar-refractivity contribution in [3.8, 4) is 11.5 Å². The van der Waals surface area contributed by atoms with Crippen LogP contribution in [0.5, 0.6) is 11.5 Å². The van der Waals surface area contributed by atoms with E-state index in [1.54, 1.807) is 31.9 Å². The van der Waals surface area contributed by atoms with E-state index in [1.807, 2.05) is 54.6 Å². The van der Waals surface area contributed by atoms with E-state index in [9.17, 15) is 9.59 Å². The molecular weight excluding hydrogens is 382 g/mol. The molecule has 0 fully saturated rings. The van der Waals surface area contributed by atoms with Crippen molar-refractivity contribution in [3.05, 3.63) is 77.0 Å². The number of rotatable bonds is 8. The summed E-state index contributed by atoms with van der Waals surface area (Å²) < 4.78 is 16.2. The van der Waals surface area contributed by atoms with Crippen molar-refractivity contribution in [3.63, 3.8) is 0 Å². The van der Waals surface area contributed by atoms with Crippen LogP contribution in [0, 0.1) is 0 Å². The fourth-order valence-electron chi connectivity index (χ4n) is 3.24. The van der Waals surface area contributed by atoms with E-state index in [-0.39, 0.29) is 18.1 Å². The van der Waals surface area contributed by atoms with Gasteiger partial charge in [-0.3, -0.25) is 4.79 Å². The van der Waals surface area contributed by atoms with Gasteiger partial charge in [-0.15, -0.1) is 0 Å². The molecule has 0 bridgehead atoms. The Morgan fingerprint density at radius 2 is 1.80 bits per heavy atom. The van der Waals surface area contributed by atoms with Crippen LogP contribution in [0.1, 0.15) is 19.4 Å². The van der Waals surface area contributed by atoms with Gasteiger partial charge < -0.3 is 19.1 Å². The van der Waals surface area contributed by atoms with Crippen molar-refractivity contribution in [1.29, 1.82) is 0 Å². The summed E-state index contributed by atoms with van der Waals surface area (Å²) in [6.45, 7) is 4.44. The highest BCUT2D eigenvalue weighted by Crippen LogP contribution is 2.32. The van der Waals surface area contributed by atoms with Crippen molar-refractivity contribution >= 4 is 18.0 Å². The van der Waals surface area contributed by atoms with Crippen molar-refractivity contribution in [1.82, 2.24) is 4.90 Å². The van der Waals surface area contributed by atoms with Crippen LogP contribution in [0.25, 0.3) is 6.08 Å². The first-order valence-corrected chi connectivity index (χ1v) is 9.79. The lowest BCUT2D eigenvalue weighted by Gasteiger charge is -2.16. The zero-order valence-electron chi connectivity index (χ0n) is 17.4. The fraction of sp³-hybridized carbons (Fsp3) is 0.250. The Morgan fingerprint density at radius 1 is 1.07 bits per heavy atom. The Labute approximate surface area is 176 Å². The number of carbonyl (C=O) groups excluding carboxylic acids is 2. The summed E-state index contributed by atoms with van der Waals surface area (Å²) in [5.74, 6) is 0.594. The van der Waals surface area contributed by atoms with Crippen LogP contribution in [-0.2, 0) is 19.1 Å². The van der Waals surface area contributed by atoms with Gasteiger partial charge in [0.15, 0.2) is 0 Å². The van der Waals surface area contributed by atoms with Gasteiger partial charge in [0.05, 0.1) is 24.4 Å². The third-order valence-electron chi connectivity index (χ3n) is 4.66. The van der Waals surface area contributed by atoms with Gasteiger partial charge in [-0.05, 0) is 49.8 Å². The SMILES string of the molecule is CCOC(=O)C1=C(C)N(CCOC)C(=O)/C1=C\c1cccc(Oc2ccccc2)c1. The van der Waals surface area contributed by atoms with E-state index in [2.05, 4.69) is 0 Å². The van der Waals surface area contributed by atoms with Gasteiger partial charge in [0, 0.05) is 19.4 Å². The lowest BCUT2D eigenvalue weighted by Crippen LogP contribution is -2.28. The summed E-state index contributed by atoms with van der Waals surface area (Å²) in [5.41, 5.74) is 1.90. The second kappa shape index (κ2) is 9.89. The van der Waals surface area contributed by atoms with Gasteiger partial charge in [0.1, 0.15) is 11.5 Å². The molecule has 0 aliphatic carbocycles. The lowest BCUT2D eigenvalue weighted by molar-refractivity contribution is -0.138. The van der Waals surface area contributed by atoms with Crippen LogP contribution in [0.15, 0.2) is 71.4 Å². The number of benzene rings is 2. The number of ether oxygens (including phenoxy) is 3. The van der Waals surface area contributed by atoms with Crippen LogP contribution < -0.4 is 4.74 Å². The smallest absolute Gasteiger partial charge is 0.340 e. The Hall–Kier alpha value is -3.38. The Balaban J connectivity index is 1.94. The number of methoxy groups -OCH3 is 1. The molecule has 2 aromatic carbocycles. The van der Waals surface area contributed by atoms with Crippen LogP contribution in [0.2, 0.25) is 0 Å². The fourth-order valence-corrected chi connectivity index (χ4v) is 3.24. The molecule has 6 nitrogen and oxygen atoms in total. The minimum absolute atomic E-state index is 0.232. The summed E-state index contributed by atoms with van der Waals surface area (Å²) in [7, 11) is 1.57. The lowest BCUT2D eigenvalue weighted by atomic mass is 10.0. The minimum atomic E-state index is -0.508. The Morgan fingerprint density at radius 3 is 2.50 bits per heavy atom. The first-order chi connectivity index (χ1) is 14.5. The van der Waals surface area contributed by atoms with Crippen LogP contribution in [-0.4, -0.2) is 43.6 Å². The van der Waals surface area contributed by atoms with Crippen molar-refractivity contribution in [2.75, 3.05) is 26.9 Å². The molecular formula is C24H25NO5. The summed E-state index contributed by atoms with van der Waals surface area (Å²) in [6.07, 6.45) is 1.70. The molecule has 0 N–H and O–H groups in total. The van der Waals surface area contributed by atoms with Gasteiger partial charge in [0.2, 0.25) is 0 Å². The van der Waals surface area contributed by atoms with Crippen molar-refractivity contribution in [2.24, 2.45) is 0 Å². The predicted molar refractivity (Wildman–Crippen MR) is 114 cm³/mol.